The zero-order valence-corrected chi connectivity index (χ0v) is 22.7. The minimum atomic E-state index is -0.385. The van der Waals surface area contributed by atoms with Gasteiger partial charge >= 0.3 is 5.97 Å². The fraction of sp³-hybridized carbons (Fsp3) is 0.179. The number of esters is 1. The minimum Gasteiger partial charge on any atom is -0.487 e. The molecule has 0 aliphatic heterocycles. The highest BCUT2D eigenvalue weighted by molar-refractivity contribution is 6.37. The number of hydrogen-bond donors (Lipinski definition) is 0. The second-order valence-electron chi connectivity index (χ2n) is 8.48. The van der Waals surface area contributed by atoms with Crippen molar-refractivity contribution in [1.82, 2.24) is 15.0 Å². The lowest BCUT2D eigenvalue weighted by Crippen LogP contribution is -2.09. The number of benzene rings is 3. The lowest BCUT2D eigenvalue weighted by Gasteiger charge is -2.13. The van der Waals surface area contributed by atoms with E-state index in [0.29, 0.717) is 32.1 Å². The summed E-state index contributed by atoms with van der Waals surface area (Å²) < 4.78 is 12.5. The van der Waals surface area contributed by atoms with Crippen LogP contribution in [0.3, 0.4) is 0 Å². The maximum Gasteiger partial charge on any atom is 0.337 e. The van der Waals surface area contributed by atoms with Crippen molar-refractivity contribution in [2.75, 3.05) is 7.11 Å². The van der Waals surface area contributed by atoms with Crippen molar-refractivity contribution < 1.29 is 14.3 Å². The van der Waals surface area contributed by atoms with Crippen LogP contribution >= 0.6 is 34.8 Å². The van der Waals surface area contributed by atoms with Crippen LogP contribution in [0.4, 0.5) is 0 Å². The Kier molecular flexibility index (Phi) is 8.54. The number of methoxy groups -OCH3 is 1. The van der Waals surface area contributed by atoms with E-state index in [0.717, 1.165) is 22.5 Å². The Hall–Kier alpha value is -3.32. The molecular weight excluding hydrogens is 533 g/mol. The molecule has 4 aromatic rings. The number of rotatable bonds is 8. The summed E-state index contributed by atoms with van der Waals surface area (Å²) in [5.74, 6) is 0.314. The third-order valence-corrected chi connectivity index (χ3v) is 6.54. The number of nitrogens with zero attached hydrogens (tertiary/aromatic N) is 3. The van der Waals surface area contributed by atoms with E-state index in [-0.39, 0.29) is 18.5 Å². The van der Waals surface area contributed by atoms with Crippen LogP contribution < -0.4 is 4.74 Å². The van der Waals surface area contributed by atoms with Crippen molar-refractivity contribution in [2.24, 2.45) is 0 Å². The second-order valence-corrected chi connectivity index (χ2v) is 9.70. The molecule has 3 aromatic carbocycles. The van der Waals surface area contributed by atoms with E-state index >= 15 is 0 Å². The first-order chi connectivity index (χ1) is 17.8. The van der Waals surface area contributed by atoms with Gasteiger partial charge in [0.1, 0.15) is 23.7 Å². The van der Waals surface area contributed by atoms with Gasteiger partial charge in [0.15, 0.2) is 0 Å². The molecule has 190 valence electrons. The largest absolute Gasteiger partial charge is 0.487 e. The molecule has 0 saturated heterocycles. The molecule has 0 radical (unpaired) electrons. The topological polar surface area (TPSA) is 66.2 Å². The molecule has 1 heterocycles. The molecule has 0 fully saturated rings. The molecule has 9 heteroatoms. The van der Waals surface area contributed by atoms with Gasteiger partial charge in [-0.25, -0.2) is 9.48 Å². The van der Waals surface area contributed by atoms with Crippen molar-refractivity contribution in [3.05, 3.63) is 104 Å². The predicted molar refractivity (Wildman–Crippen MR) is 148 cm³/mol. The van der Waals surface area contributed by atoms with E-state index < -0.39 is 0 Å². The zero-order chi connectivity index (χ0) is 26.5. The summed E-state index contributed by atoms with van der Waals surface area (Å²) in [4.78, 5) is 11.8. The monoisotopic (exact) mass is 555 g/mol. The van der Waals surface area contributed by atoms with Crippen molar-refractivity contribution >= 4 is 52.9 Å². The first-order valence-corrected chi connectivity index (χ1v) is 12.6. The Morgan fingerprint density at radius 1 is 0.973 bits per heavy atom. The van der Waals surface area contributed by atoms with Gasteiger partial charge in [-0.3, -0.25) is 0 Å². The molecule has 0 spiro atoms. The summed E-state index contributed by atoms with van der Waals surface area (Å²) in [6, 6.07) is 17.9. The van der Waals surface area contributed by atoms with Crippen LogP contribution in [0.5, 0.6) is 5.75 Å². The molecule has 0 atom stereocenters. The fourth-order valence-corrected chi connectivity index (χ4v) is 4.52. The molecule has 0 N–H and O–H groups in total. The molecule has 0 bridgehead atoms. The van der Waals surface area contributed by atoms with E-state index in [9.17, 15) is 4.79 Å². The van der Waals surface area contributed by atoms with Gasteiger partial charge in [0.05, 0.1) is 33.4 Å². The maximum absolute atomic E-state index is 11.8. The van der Waals surface area contributed by atoms with Crippen LogP contribution in [0.15, 0.2) is 60.7 Å². The molecule has 0 aliphatic carbocycles. The first kappa shape index (κ1) is 26.7. The van der Waals surface area contributed by atoms with E-state index in [1.165, 1.54) is 7.11 Å². The second kappa shape index (κ2) is 11.8. The Bertz CT molecular complexity index is 1440. The molecule has 37 heavy (non-hydrogen) atoms. The van der Waals surface area contributed by atoms with E-state index in [4.69, 9.17) is 44.3 Å². The highest BCUT2D eigenvalue weighted by Gasteiger charge is 2.21. The molecule has 0 aliphatic rings. The van der Waals surface area contributed by atoms with E-state index in [2.05, 4.69) is 10.3 Å². The van der Waals surface area contributed by atoms with Gasteiger partial charge in [-0.05, 0) is 59.5 Å². The average molecular weight is 557 g/mol. The van der Waals surface area contributed by atoms with Crippen molar-refractivity contribution in [3.63, 3.8) is 0 Å². The van der Waals surface area contributed by atoms with Gasteiger partial charge in [-0.2, -0.15) is 0 Å². The molecule has 1 aromatic heterocycles. The van der Waals surface area contributed by atoms with Crippen molar-refractivity contribution in [3.8, 4) is 11.4 Å². The summed E-state index contributed by atoms with van der Waals surface area (Å²) in [5.41, 5.74) is 4.21. The van der Waals surface area contributed by atoms with Crippen molar-refractivity contribution in [2.45, 2.75) is 26.4 Å². The van der Waals surface area contributed by atoms with Gasteiger partial charge in [0.25, 0.3) is 0 Å². The molecule has 0 saturated carbocycles. The SMILES string of the molecule is COC(=O)c1cccc(/C=C/c2ccc(OCc3c(C(C)C)nnn3-c3c(Cl)cccc3Cl)cc2Cl)c1. The Labute approximate surface area is 230 Å². The number of carbonyl (C=O) groups excluding carboxylic acids is 1. The van der Waals surface area contributed by atoms with Crippen LogP contribution in [0.2, 0.25) is 15.1 Å². The molecule has 4 rings (SSSR count). The summed E-state index contributed by atoms with van der Waals surface area (Å²) in [5, 5.41) is 10.1. The van der Waals surface area contributed by atoms with Gasteiger partial charge in [-0.1, -0.05) is 84.2 Å². The number of hydrogen-bond acceptors (Lipinski definition) is 5. The van der Waals surface area contributed by atoms with Crippen LogP contribution in [-0.2, 0) is 11.3 Å². The summed E-state index contributed by atoms with van der Waals surface area (Å²) in [6.45, 7) is 4.25. The van der Waals surface area contributed by atoms with Crippen LogP contribution in [0.25, 0.3) is 17.8 Å². The van der Waals surface area contributed by atoms with Crippen LogP contribution in [0.1, 0.15) is 52.6 Å². The van der Waals surface area contributed by atoms with Crippen LogP contribution in [-0.4, -0.2) is 28.1 Å². The maximum atomic E-state index is 11.8. The van der Waals surface area contributed by atoms with Crippen molar-refractivity contribution in [1.29, 1.82) is 0 Å². The van der Waals surface area contributed by atoms with E-state index in [1.807, 2.05) is 44.2 Å². The van der Waals surface area contributed by atoms with Gasteiger partial charge in [0, 0.05) is 0 Å². The quantitative estimate of drug-likeness (QED) is 0.163. The third-order valence-electron chi connectivity index (χ3n) is 5.60. The standard InChI is InChI=1S/C28H24Cl3N3O3/c1-17(2)26-25(34(33-32-26)27-22(29)8-5-9-23(27)30)16-37-21-13-12-19(24(31)15-21)11-10-18-6-4-7-20(14-18)28(35)36-3/h4-15,17H,16H2,1-3H3/b11-10+. The van der Waals surface area contributed by atoms with Crippen LogP contribution in [0, 0.1) is 0 Å². The van der Waals surface area contributed by atoms with E-state index in [1.54, 1.807) is 47.1 Å². The number of para-hydroxylation sites is 1. The fourth-order valence-electron chi connectivity index (χ4n) is 3.73. The number of halogens is 3. The highest BCUT2D eigenvalue weighted by Crippen LogP contribution is 2.31. The third kappa shape index (κ3) is 6.16. The minimum absolute atomic E-state index is 0.113. The molecule has 0 amide bonds. The zero-order valence-electron chi connectivity index (χ0n) is 20.4. The normalized spacial score (nSPS) is 11.3. The molecule has 6 nitrogen and oxygen atoms in total. The Morgan fingerprint density at radius 3 is 2.38 bits per heavy atom. The summed E-state index contributed by atoms with van der Waals surface area (Å²) in [7, 11) is 1.36. The first-order valence-electron chi connectivity index (χ1n) is 11.5. The highest BCUT2D eigenvalue weighted by atomic mass is 35.5. The molecular formula is C28H24Cl3N3O3. The number of aromatic nitrogens is 3. The Balaban J connectivity index is 1.54. The summed E-state index contributed by atoms with van der Waals surface area (Å²) in [6.07, 6.45) is 3.75. The predicted octanol–water partition coefficient (Wildman–Crippen LogP) is 7.89. The number of ether oxygens (including phenoxy) is 2. The lowest BCUT2D eigenvalue weighted by atomic mass is 10.1. The van der Waals surface area contributed by atoms with Gasteiger partial charge < -0.3 is 9.47 Å². The summed E-state index contributed by atoms with van der Waals surface area (Å²) >= 11 is 19.4. The average Bonchev–Trinajstić information content (AvgIpc) is 3.30. The Morgan fingerprint density at radius 2 is 1.70 bits per heavy atom. The molecule has 0 unspecified atom stereocenters. The van der Waals surface area contributed by atoms with Gasteiger partial charge in [0.2, 0.25) is 0 Å². The lowest BCUT2D eigenvalue weighted by molar-refractivity contribution is 0.0600. The smallest absolute Gasteiger partial charge is 0.337 e. The number of carbonyl (C=O) groups is 1. The van der Waals surface area contributed by atoms with Gasteiger partial charge in [-0.15, -0.1) is 5.10 Å².